The first-order valence-corrected chi connectivity index (χ1v) is 8.24. The van der Waals surface area contributed by atoms with Gasteiger partial charge < -0.3 is 5.32 Å². The second kappa shape index (κ2) is 5.16. The molecule has 20 heavy (non-hydrogen) atoms. The molecular formula is C15H18N2O2S. The Labute approximate surface area is 119 Å². The van der Waals surface area contributed by atoms with Crippen LogP contribution in [-0.4, -0.2) is 38.4 Å². The van der Waals surface area contributed by atoms with Crippen LogP contribution in [0.3, 0.4) is 0 Å². The van der Waals surface area contributed by atoms with E-state index in [2.05, 4.69) is 5.32 Å². The van der Waals surface area contributed by atoms with Crippen molar-refractivity contribution < 1.29 is 8.42 Å². The van der Waals surface area contributed by atoms with Crippen LogP contribution in [0.4, 0.5) is 0 Å². The van der Waals surface area contributed by atoms with Crippen LogP contribution in [-0.2, 0) is 10.0 Å². The summed E-state index contributed by atoms with van der Waals surface area (Å²) in [5.74, 6) is 0. The summed E-state index contributed by atoms with van der Waals surface area (Å²) in [7, 11) is -3.39. The van der Waals surface area contributed by atoms with Gasteiger partial charge >= 0.3 is 0 Å². The Kier molecular flexibility index (Phi) is 3.50. The van der Waals surface area contributed by atoms with Gasteiger partial charge in [-0.1, -0.05) is 30.3 Å². The first kappa shape index (κ1) is 13.5. The third-order valence-electron chi connectivity index (χ3n) is 3.69. The highest BCUT2D eigenvalue weighted by Gasteiger charge is 2.28. The molecule has 1 atom stereocenters. The molecular weight excluding hydrogens is 272 g/mol. The summed E-state index contributed by atoms with van der Waals surface area (Å²) in [6.07, 6.45) is 0. The first-order chi connectivity index (χ1) is 9.57. The van der Waals surface area contributed by atoms with Gasteiger partial charge in [0, 0.05) is 25.7 Å². The number of sulfonamides is 1. The van der Waals surface area contributed by atoms with Gasteiger partial charge in [-0.15, -0.1) is 0 Å². The molecule has 0 saturated carbocycles. The Hall–Kier alpha value is -1.43. The number of hydrogen-bond acceptors (Lipinski definition) is 3. The topological polar surface area (TPSA) is 49.4 Å². The second-order valence-electron chi connectivity index (χ2n) is 5.23. The number of nitrogens with zero attached hydrogens (tertiary/aromatic N) is 1. The normalized spacial score (nSPS) is 21.1. The van der Waals surface area contributed by atoms with E-state index in [-0.39, 0.29) is 6.04 Å². The van der Waals surface area contributed by atoms with E-state index in [1.807, 2.05) is 37.3 Å². The minimum Gasteiger partial charge on any atom is -0.312 e. The van der Waals surface area contributed by atoms with Gasteiger partial charge in [-0.05, 0) is 29.8 Å². The molecule has 0 amide bonds. The van der Waals surface area contributed by atoms with E-state index in [9.17, 15) is 8.42 Å². The molecule has 0 aromatic heterocycles. The summed E-state index contributed by atoms with van der Waals surface area (Å²) in [6.45, 7) is 3.75. The smallest absolute Gasteiger partial charge is 0.243 e. The summed E-state index contributed by atoms with van der Waals surface area (Å²) < 4.78 is 26.9. The Morgan fingerprint density at radius 1 is 1.15 bits per heavy atom. The van der Waals surface area contributed by atoms with E-state index in [0.717, 1.165) is 10.8 Å². The lowest BCUT2D eigenvalue weighted by Gasteiger charge is -2.31. The molecule has 1 heterocycles. The van der Waals surface area contributed by atoms with Crippen molar-refractivity contribution in [3.8, 4) is 0 Å². The zero-order chi connectivity index (χ0) is 14.2. The SMILES string of the molecule is C[C@H]1CN(S(=O)(=O)c2ccc3ccccc3c2)CCN1. The van der Waals surface area contributed by atoms with Crippen molar-refractivity contribution in [1.82, 2.24) is 9.62 Å². The molecule has 5 heteroatoms. The largest absolute Gasteiger partial charge is 0.312 e. The number of nitrogens with one attached hydrogen (secondary N) is 1. The van der Waals surface area contributed by atoms with E-state index < -0.39 is 10.0 Å². The summed E-state index contributed by atoms with van der Waals surface area (Å²) in [4.78, 5) is 0.380. The average molecular weight is 290 g/mol. The highest BCUT2D eigenvalue weighted by molar-refractivity contribution is 7.89. The first-order valence-electron chi connectivity index (χ1n) is 6.80. The average Bonchev–Trinajstić information content (AvgIpc) is 2.46. The van der Waals surface area contributed by atoms with Crippen LogP contribution >= 0.6 is 0 Å². The van der Waals surface area contributed by atoms with Crippen molar-refractivity contribution in [2.75, 3.05) is 19.6 Å². The van der Waals surface area contributed by atoms with Gasteiger partial charge in [0.1, 0.15) is 0 Å². The molecule has 1 saturated heterocycles. The van der Waals surface area contributed by atoms with Gasteiger partial charge in [0.15, 0.2) is 0 Å². The quantitative estimate of drug-likeness (QED) is 0.918. The molecule has 3 rings (SSSR count). The molecule has 0 unspecified atom stereocenters. The van der Waals surface area contributed by atoms with Crippen LogP contribution in [0.1, 0.15) is 6.92 Å². The number of hydrogen-bond donors (Lipinski definition) is 1. The van der Waals surface area contributed by atoms with E-state index in [0.29, 0.717) is 24.5 Å². The Balaban J connectivity index is 2.00. The lowest BCUT2D eigenvalue weighted by molar-refractivity contribution is 0.310. The zero-order valence-electron chi connectivity index (χ0n) is 11.4. The van der Waals surface area contributed by atoms with Crippen LogP contribution in [0, 0.1) is 0 Å². The molecule has 2 aromatic rings. The van der Waals surface area contributed by atoms with E-state index in [1.165, 1.54) is 0 Å². The molecule has 106 valence electrons. The van der Waals surface area contributed by atoms with Crippen molar-refractivity contribution >= 4 is 20.8 Å². The van der Waals surface area contributed by atoms with Crippen LogP contribution in [0.15, 0.2) is 47.4 Å². The van der Waals surface area contributed by atoms with Crippen LogP contribution < -0.4 is 5.32 Å². The minimum atomic E-state index is -3.39. The number of fused-ring (bicyclic) bond motifs is 1. The predicted molar refractivity (Wildman–Crippen MR) is 80.2 cm³/mol. The summed E-state index contributed by atoms with van der Waals surface area (Å²) in [5.41, 5.74) is 0. The molecule has 0 spiro atoms. The predicted octanol–water partition coefficient (Wildman–Crippen LogP) is 1.82. The standard InChI is InChI=1S/C15H18N2O2S/c1-12-11-17(9-8-16-12)20(18,19)15-7-6-13-4-2-3-5-14(13)10-15/h2-7,10,12,16H,8-9,11H2,1H3/t12-/m0/s1. The number of piperazine rings is 1. The molecule has 1 aliphatic rings. The van der Waals surface area contributed by atoms with Crippen LogP contribution in [0.2, 0.25) is 0 Å². The summed E-state index contributed by atoms with van der Waals surface area (Å²) in [5, 5.41) is 5.27. The van der Waals surface area contributed by atoms with Gasteiger partial charge in [-0.3, -0.25) is 0 Å². The fraction of sp³-hybridized carbons (Fsp3) is 0.333. The summed E-state index contributed by atoms with van der Waals surface area (Å²) in [6, 6.07) is 13.3. The van der Waals surface area contributed by atoms with Gasteiger partial charge in [0.05, 0.1) is 4.90 Å². The zero-order valence-corrected chi connectivity index (χ0v) is 12.2. The molecule has 2 aromatic carbocycles. The monoisotopic (exact) mass is 290 g/mol. The van der Waals surface area contributed by atoms with Crippen molar-refractivity contribution in [3.05, 3.63) is 42.5 Å². The Morgan fingerprint density at radius 2 is 1.90 bits per heavy atom. The highest BCUT2D eigenvalue weighted by Crippen LogP contribution is 2.22. The highest BCUT2D eigenvalue weighted by atomic mass is 32.2. The Bertz CT molecular complexity index is 727. The van der Waals surface area contributed by atoms with E-state index >= 15 is 0 Å². The van der Waals surface area contributed by atoms with Crippen molar-refractivity contribution in [2.24, 2.45) is 0 Å². The van der Waals surface area contributed by atoms with Gasteiger partial charge in [0.2, 0.25) is 10.0 Å². The maximum Gasteiger partial charge on any atom is 0.243 e. The summed E-state index contributed by atoms with van der Waals surface area (Å²) >= 11 is 0. The number of benzene rings is 2. The molecule has 1 N–H and O–H groups in total. The molecule has 4 nitrogen and oxygen atoms in total. The van der Waals surface area contributed by atoms with Crippen LogP contribution in [0.5, 0.6) is 0 Å². The molecule has 0 radical (unpaired) electrons. The lowest BCUT2D eigenvalue weighted by Crippen LogP contribution is -2.51. The van der Waals surface area contributed by atoms with Gasteiger partial charge in [-0.25, -0.2) is 8.42 Å². The third-order valence-corrected chi connectivity index (χ3v) is 5.55. The third kappa shape index (κ3) is 2.44. The number of rotatable bonds is 2. The van der Waals surface area contributed by atoms with Crippen molar-refractivity contribution in [1.29, 1.82) is 0 Å². The fourth-order valence-electron chi connectivity index (χ4n) is 2.59. The Morgan fingerprint density at radius 3 is 2.65 bits per heavy atom. The van der Waals surface area contributed by atoms with Gasteiger partial charge in [0.25, 0.3) is 0 Å². The molecule has 1 aliphatic heterocycles. The van der Waals surface area contributed by atoms with Crippen molar-refractivity contribution in [3.63, 3.8) is 0 Å². The van der Waals surface area contributed by atoms with E-state index in [4.69, 9.17) is 0 Å². The second-order valence-corrected chi connectivity index (χ2v) is 7.17. The lowest BCUT2D eigenvalue weighted by atomic mass is 10.1. The van der Waals surface area contributed by atoms with Crippen molar-refractivity contribution in [2.45, 2.75) is 17.9 Å². The van der Waals surface area contributed by atoms with Gasteiger partial charge in [-0.2, -0.15) is 4.31 Å². The molecule has 0 aliphatic carbocycles. The minimum absolute atomic E-state index is 0.194. The molecule has 1 fully saturated rings. The maximum absolute atomic E-state index is 12.7. The molecule has 0 bridgehead atoms. The fourth-order valence-corrected chi connectivity index (χ4v) is 4.16. The maximum atomic E-state index is 12.7. The van der Waals surface area contributed by atoms with E-state index in [1.54, 1.807) is 16.4 Å². The van der Waals surface area contributed by atoms with Crippen LogP contribution in [0.25, 0.3) is 10.8 Å².